The molecule has 1 amide bonds. The number of aromatic nitrogens is 3. The van der Waals surface area contributed by atoms with Gasteiger partial charge in [-0.1, -0.05) is 48.5 Å². The number of hydrogen-bond acceptors (Lipinski definition) is 3. The molecule has 1 aliphatic carbocycles. The molecule has 1 saturated carbocycles. The third-order valence-corrected chi connectivity index (χ3v) is 6.03. The average molecular weight is 411 g/mol. The SMILES string of the molecule is Cc1cccc(C)c1NC(=O)c1cc(C2CC2)nc2c1c(C)nn2Cc1ccccc1. The van der Waals surface area contributed by atoms with E-state index >= 15 is 0 Å². The molecule has 0 saturated heterocycles. The predicted octanol–water partition coefficient (Wildman–Crippen LogP) is 5.53. The van der Waals surface area contributed by atoms with Gasteiger partial charge in [0.15, 0.2) is 5.65 Å². The molecule has 1 fully saturated rings. The highest BCUT2D eigenvalue weighted by molar-refractivity contribution is 6.13. The predicted molar refractivity (Wildman–Crippen MR) is 124 cm³/mol. The quantitative estimate of drug-likeness (QED) is 0.470. The third-order valence-electron chi connectivity index (χ3n) is 6.03. The minimum absolute atomic E-state index is 0.103. The number of anilines is 1. The van der Waals surface area contributed by atoms with Crippen LogP contribution in [-0.2, 0) is 6.54 Å². The summed E-state index contributed by atoms with van der Waals surface area (Å²) >= 11 is 0. The van der Waals surface area contributed by atoms with Crippen LogP contribution in [0.15, 0.2) is 54.6 Å². The molecule has 1 N–H and O–H groups in total. The molecule has 5 heteroatoms. The molecule has 5 rings (SSSR count). The maximum Gasteiger partial charge on any atom is 0.256 e. The first-order chi connectivity index (χ1) is 15.0. The van der Waals surface area contributed by atoms with Gasteiger partial charge in [-0.05, 0) is 56.4 Å². The molecule has 31 heavy (non-hydrogen) atoms. The fraction of sp³-hybridized carbons (Fsp3) is 0.269. The number of fused-ring (bicyclic) bond motifs is 1. The number of nitrogens with one attached hydrogen (secondary N) is 1. The van der Waals surface area contributed by atoms with Crippen LogP contribution in [0.4, 0.5) is 5.69 Å². The van der Waals surface area contributed by atoms with Crippen molar-refractivity contribution in [3.05, 3.63) is 88.2 Å². The number of amides is 1. The van der Waals surface area contributed by atoms with Crippen LogP contribution >= 0.6 is 0 Å². The Kier molecular flexibility index (Phi) is 4.81. The number of nitrogens with zero attached hydrogens (tertiary/aromatic N) is 3. The normalized spacial score (nSPS) is 13.5. The van der Waals surface area contributed by atoms with Gasteiger partial charge in [0.05, 0.1) is 23.2 Å². The lowest BCUT2D eigenvalue weighted by Crippen LogP contribution is -2.15. The van der Waals surface area contributed by atoms with Gasteiger partial charge in [-0.15, -0.1) is 0 Å². The largest absolute Gasteiger partial charge is 0.321 e. The molecule has 2 aromatic carbocycles. The Morgan fingerprint density at radius 2 is 1.74 bits per heavy atom. The zero-order valence-electron chi connectivity index (χ0n) is 18.1. The van der Waals surface area contributed by atoms with E-state index in [1.807, 2.05) is 67.9 Å². The standard InChI is InChI=1S/C26H26N4O/c1-16-8-7-9-17(2)24(16)28-26(31)21-14-22(20-12-13-20)27-25-23(21)18(3)29-30(25)15-19-10-5-4-6-11-19/h4-11,14,20H,12-13,15H2,1-3H3,(H,28,31). The van der Waals surface area contributed by atoms with Crippen molar-refractivity contribution in [1.82, 2.24) is 14.8 Å². The topological polar surface area (TPSA) is 59.8 Å². The lowest BCUT2D eigenvalue weighted by atomic mass is 10.1. The molecule has 2 aromatic heterocycles. The molecule has 0 spiro atoms. The zero-order valence-corrected chi connectivity index (χ0v) is 18.1. The Morgan fingerprint density at radius 3 is 2.42 bits per heavy atom. The number of carbonyl (C=O) groups is 1. The maximum absolute atomic E-state index is 13.5. The number of para-hydroxylation sites is 1. The molecule has 4 aromatic rings. The van der Waals surface area contributed by atoms with Crippen molar-refractivity contribution in [1.29, 1.82) is 0 Å². The fourth-order valence-corrected chi connectivity index (χ4v) is 4.20. The van der Waals surface area contributed by atoms with Crippen LogP contribution in [0.3, 0.4) is 0 Å². The van der Waals surface area contributed by atoms with Crippen LogP contribution in [-0.4, -0.2) is 20.7 Å². The molecule has 2 heterocycles. The second-order valence-electron chi connectivity index (χ2n) is 8.52. The molecule has 5 nitrogen and oxygen atoms in total. The van der Waals surface area contributed by atoms with E-state index in [1.165, 1.54) is 0 Å². The summed E-state index contributed by atoms with van der Waals surface area (Å²) in [7, 11) is 0. The molecular weight excluding hydrogens is 384 g/mol. The summed E-state index contributed by atoms with van der Waals surface area (Å²) in [6, 6.07) is 18.3. The molecule has 0 aliphatic heterocycles. The molecular formula is C26H26N4O. The highest BCUT2D eigenvalue weighted by Crippen LogP contribution is 2.40. The molecule has 0 unspecified atom stereocenters. The summed E-state index contributed by atoms with van der Waals surface area (Å²) < 4.78 is 1.93. The van der Waals surface area contributed by atoms with Crippen molar-refractivity contribution < 1.29 is 4.79 Å². The van der Waals surface area contributed by atoms with Gasteiger partial charge in [0.25, 0.3) is 5.91 Å². The first-order valence-electron chi connectivity index (χ1n) is 10.8. The molecule has 1 aliphatic rings. The first-order valence-corrected chi connectivity index (χ1v) is 10.8. The lowest BCUT2D eigenvalue weighted by Gasteiger charge is -2.13. The van der Waals surface area contributed by atoms with Crippen LogP contribution < -0.4 is 5.32 Å². The monoisotopic (exact) mass is 410 g/mol. The van der Waals surface area contributed by atoms with Gasteiger partial charge >= 0.3 is 0 Å². The summed E-state index contributed by atoms with van der Waals surface area (Å²) in [5, 5.41) is 8.76. The Bertz CT molecular complexity index is 1270. The summed E-state index contributed by atoms with van der Waals surface area (Å²) in [5.41, 5.74) is 7.41. The Morgan fingerprint density at radius 1 is 1.03 bits per heavy atom. The second-order valence-corrected chi connectivity index (χ2v) is 8.52. The Hall–Kier alpha value is -3.47. The average Bonchev–Trinajstić information content (AvgIpc) is 3.56. The van der Waals surface area contributed by atoms with Crippen LogP contribution in [0.25, 0.3) is 11.0 Å². The van der Waals surface area contributed by atoms with Crippen molar-refractivity contribution in [3.63, 3.8) is 0 Å². The van der Waals surface area contributed by atoms with Gasteiger partial charge in [0.2, 0.25) is 0 Å². The second kappa shape index (κ2) is 7.65. The van der Waals surface area contributed by atoms with E-state index in [9.17, 15) is 4.79 Å². The number of rotatable bonds is 5. The highest BCUT2D eigenvalue weighted by Gasteiger charge is 2.29. The summed E-state index contributed by atoms with van der Waals surface area (Å²) in [6.07, 6.45) is 2.25. The molecule has 156 valence electrons. The summed E-state index contributed by atoms with van der Waals surface area (Å²) in [4.78, 5) is 18.4. The lowest BCUT2D eigenvalue weighted by molar-refractivity contribution is 0.102. The van der Waals surface area contributed by atoms with E-state index in [2.05, 4.69) is 17.4 Å². The number of hydrogen-bond donors (Lipinski definition) is 1. The van der Waals surface area contributed by atoms with E-state index < -0.39 is 0 Å². The fourth-order valence-electron chi connectivity index (χ4n) is 4.20. The number of pyridine rings is 1. The first kappa shape index (κ1) is 19.5. The summed E-state index contributed by atoms with van der Waals surface area (Å²) in [5.74, 6) is 0.339. The van der Waals surface area contributed by atoms with Crippen LogP contribution in [0, 0.1) is 20.8 Å². The van der Waals surface area contributed by atoms with Gasteiger partial charge in [-0.3, -0.25) is 4.79 Å². The Labute approximate surface area is 182 Å². The molecule has 0 atom stereocenters. The van der Waals surface area contributed by atoms with Gasteiger partial charge < -0.3 is 5.32 Å². The van der Waals surface area contributed by atoms with Gasteiger partial charge in [-0.25, -0.2) is 9.67 Å². The smallest absolute Gasteiger partial charge is 0.256 e. The zero-order chi connectivity index (χ0) is 21.5. The Balaban J connectivity index is 1.61. The van der Waals surface area contributed by atoms with Crippen LogP contribution in [0.2, 0.25) is 0 Å². The molecule has 0 bridgehead atoms. The van der Waals surface area contributed by atoms with Gasteiger partial charge in [0, 0.05) is 17.3 Å². The number of benzene rings is 2. The van der Waals surface area contributed by atoms with Gasteiger partial charge in [0.1, 0.15) is 0 Å². The van der Waals surface area contributed by atoms with Crippen molar-refractivity contribution in [2.75, 3.05) is 5.32 Å². The van der Waals surface area contributed by atoms with Crippen LogP contribution in [0.5, 0.6) is 0 Å². The van der Waals surface area contributed by atoms with Crippen molar-refractivity contribution >= 4 is 22.6 Å². The van der Waals surface area contributed by atoms with E-state index in [0.717, 1.165) is 57.6 Å². The van der Waals surface area contributed by atoms with Crippen molar-refractivity contribution in [3.8, 4) is 0 Å². The summed E-state index contributed by atoms with van der Waals surface area (Å²) in [6.45, 7) is 6.62. The van der Waals surface area contributed by atoms with Crippen molar-refractivity contribution in [2.45, 2.75) is 46.1 Å². The number of carbonyl (C=O) groups excluding carboxylic acids is 1. The number of aryl methyl sites for hydroxylation is 3. The minimum Gasteiger partial charge on any atom is -0.321 e. The molecule has 0 radical (unpaired) electrons. The van der Waals surface area contributed by atoms with E-state index in [1.54, 1.807) is 0 Å². The maximum atomic E-state index is 13.5. The van der Waals surface area contributed by atoms with Crippen molar-refractivity contribution in [2.24, 2.45) is 0 Å². The highest BCUT2D eigenvalue weighted by atomic mass is 16.1. The van der Waals surface area contributed by atoms with Gasteiger partial charge in [-0.2, -0.15) is 5.10 Å². The van der Waals surface area contributed by atoms with E-state index in [4.69, 9.17) is 10.1 Å². The van der Waals surface area contributed by atoms with E-state index in [-0.39, 0.29) is 5.91 Å². The van der Waals surface area contributed by atoms with E-state index in [0.29, 0.717) is 18.0 Å². The minimum atomic E-state index is -0.103. The third kappa shape index (κ3) is 3.72. The van der Waals surface area contributed by atoms with Crippen LogP contribution in [0.1, 0.15) is 57.2 Å².